The minimum Gasteiger partial charge on any atom is -0.393 e. The van der Waals surface area contributed by atoms with Crippen LogP contribution in [0.2, 0.25) is 0 Å². The van der Waals surface area contributed by atoms with E-state index < -0.39 is 0 Å². The van der Waals surface area contributed by atoms with E-state index in [1.165, 1.54) is 6.42 Å². The van der Waals surface area contributed by atoms with Crippen molar-refractivity contribution >= 4 is 0 Å². The largest absolute Gasteiger partial charge is 0.393 e. The summed E-state index contributed by atoms with van der Waals surface area (Å²) < 4.78 is 0. The molecule has 0 aromatic heterocycles. The van der Waals surface area contributed by atoms with Gasteiger partial charge in [0, 0.05) is 0 Å². The van der Waals surface area contributed by atoms with Gasteiger partial charge in [0.05, 0.1) is 6.10 Å². The van der Waals surface area contributed by atoms with Crippen molar-refractivity contribution in [3.05, 3.63) is 12.2 Å². The molecule has 0 spiro atoms. The number of rotatable bonds is 5. The number of aliphatic hydroxyl groups is 1. The summed E-state index contributed by atoms with van der Waals surface area (Å²) in [4.78, 5) is 0. The second-order valence-electron chi connectivity index (χ2n) is 3.68. The third kappa shape index (κ3) is 4.55. The first-order valence-electron chi connectivity index (χ1n) is 4.94. The van der Waals surface area contributed by atoms with Crippen LogP contribution < -0.4 is 0 Å². The maximum atomic E-state index is 9.31. The number of aliphatic hydroxyl groups excluding tert-OH is 1. The van der Waals surface area contributed by atoms with Crippen LogP contribution in [0.15, 0.2) is 12.2 Å². The summed E-state index contributed by atoms with van der Waals surface area (Å²) in [5.41, 5.74) is 0. The first kappa shape index (κ1) is 11.7. The van der Waals surface area contributed by atoms with Gasteiger partial charge in [0.25, 0.3) is 0 Å². The molecule has 0 aliphatic carbocycles. The van der Waals surface area contributed by atoms with E-state index in [1.807, 2.05) is 6.92 Å². The van der Waals surface area contributed by atoms with Crippen LogP contribution in [0.1, 0.15) is 40.5 Å². The van der Waals surface area contributed by atoms with Gasteiger partial charge in [-0.05, 0) is 25.2 Å². The highest BCUT2D eigenvalue weighted by molar-refractivity contribution is 4.89. The van der Waals surface area contributed by atoms with Crippen molar-refractivity contribution in [3.63, 3.8) is 0 Å². The number of hydrogen-bond acceptors (Lipinski definition) is 1. The summed E-state index contributed by atoms with van der Waals surface area (Å²) in [7, 11) is 0. The Morgan fingerprint density at radius 2 is 1.83 bits per heavy atom. The summed E-state index contributed by atoms with van der Waals surface area (Å²) in [6, 6.07) is 0. The van der Waals surface area contributed by atoms with E-state index in [-0.39, 0.29) is 6.10 Å². The molecule has 12 heavy (non-hydrogen) atoms. The quantitative estimate of drug-likeness (QED) is 0.629. The van der Waals surface area contributed by atoms with Crippen molar-refractivity contribution in [1.82, 2.24) is 0 Å². The average molecular weight is 170 g/mol. The Balaban J connectivity index is 3.77. The zero-order chi connectivity index (χ0) is 9.56. The fourth-order valence-corrected chi connectivity index (χ4v) is 1.09. The third-order valence-corrected chi connectivity index (χ3v) is 2.49. The Morgan fingerprint density at radius 3 is 2.25 bits per heavy atom. The minimum atomic E-state index is -0.203. The summed E-state index contributed by atoms with van der Waals surface area (Å²) in [5, 5.41) is 9.31. The Hall–Kier alpha value is -0.300. The predicted octanol–water partition coefficient (Wildman–Crippen LogP) is 3.00. The zero-order valence-corrected chi connectivity index (χ0v) is 8.75. The van der Waals surface area contributed by atoms with Crippen molar-refractivity contribution in [2.24, 2.45) is 11.8 Å². The Labute approximate surface area is 76.5 Å². The van der Waals surface area contributed by atoms with E-state index in [0.29, 0.717) is 11.8 Å². The van der Waals surface area contributed by atoms with Gasteiger partial charge in [-0.1, -0.05) is 39.3 Å². The van der Waals surface area contributed by atoms with E-state index >= 15 is 0 Å². The van der Waals surface area contributed by atoms with Crippen LogP contribution in [0.3, 0.4) is 0 Å². The molecule has 3 unspecified atom stereocenters. The number of allylic oxidation sites excluding steroid dienone is 2. The second kappa shape index (κ2) is 6.24. The molecule has 0 aliphatic rings. The minimum absolute atomic E-state index is 0.203. The fraction of sp³-hybridized carbons (Fsp3) is 0.818. The molecule has 0 saturated carbocycles. The molecule has 1 nitrogen and oxygen atoms in total. The third-order valence-electron chi connectivity index (χ3n) is 2.49. The van der Waals surface area contributed by atoms with Gasteiger partial charge in [0.2, 0.25) is 0 Å². The molecule has 0 aliphatic heterocycles. The topological polar surface area (TPSA) is 20.2 Å². The maximum Gasteiger partial charge on any atom is 0.0543 e. The monoisotopic (exact) mass is 170 g/mol. The molecule has 1 N–H and O–H groups in total. The molecule has 0 aromatic carbocycles. The van der Waals surface area contributed by atoms with Crippen molar-refractivity contribution < 1.29 is 5.11 Å². The molecule has 0 radical (unpaired) electrons. The summed E-state index contributed by atoms with van der Waals surface area (Å²) in [5.74, 6) is 0.842. The lowest BCUT2D eigenvalue weighted by molar-refractivity contribution is 0.116. The van der Waals surface area contributed by atoms with Gasteiger partial charge < -0.3 is 5.11 Å². The van der Waals surface area contributed by atoms with Gasteiger partial charge in [-0.25, -0.2) is 0 Å². The summed E-state index contributed by atoms with van der Waals surface area (Å²) in [6.45, 7) is 8.27. The van der Waals surface area contributed by atoms with Crippen LogP contribution in [-0.2, 0) is 0 Å². The highest BCUT2D eigenvalue weighted by atomic mass is 16.3. The van der Waals surface area contributed by atoms with Gasteiger partial charge in [-0.2, -0.15) is 0 Å². The van der Waals surface area contributed by atoms with E-state index in [1.54, 1.807) is 0 Å². The van der Waals surface area contributed by atoms with Crippen molar-refractivity contribution in [2.75, 3.05) is 0 Å². The lowest BCUT2D eigenvalue weighted by Crippen LogP contribution is -2.19. The summed E-state index contributed by atoms with van der Waals surface area (Å²) >= 11 is 0. The van der Waals surface area contributed by atoms with E-state index in [4.69, 9.17) is 0 Å². The molecule has 0 saturated heterocycles. The molecule has 3 atom stereocenters. The van der Waals surface area contributed by atoms with Crippen LogP contribution in [0, 0.1) is 11.8 Å². The maximum absolute atomic E-state index is 9.31. The van der Waals surface area contributed by atoms with Crippen LogP contribution in [0.4, 0.5) is 0 Å². The zero-order valence-electron chi connectivity index (χ0n) is 8.75. The molecular weight excluding hydrogens is 148 g/mol. The Morgan fingerprint density at radius 1 is 1.25 bits per heavy atom. The molecular formula is C11H22O. The normalized spacial score (nSPS) is 19.4. The van der Waals surface area contributed by atoms with Crippen molar-refractivity contribution in [2.45, 2.75) is 46.6 Å². The first-order chi connectivity index (χ1) is 5.59. The number of unbranched alkanes of at least 4 members (excludes halogenated alkanes) is 1. The van der Waals surface area contributed by atoms with Crippen molar-refractivity contribution in [1.29, 1.82) is 0 Å². The van der Waals surface area contributed by atoms with E-state index in [9.17, 15) is 5.11 Å². The van der Waals surface area contributed by atoms with Crippen LogP contribution in [0.5, 0.6) is 0 Å². The van der Waals surface area contributed by atoms with Gasteiger partial charge in [0.15, 0.2) is 0 Å². The highest BCUT2D eigenvalue weighted by Crippen LogP contribution is 2.16. The first-order valence-corrected chi connectivity index (χ1v) is 4.94. The highest BCUT2D eigenvalue weighted by Gasteiger charge is 2.13. The Kier molecular flexibility index (Phi) is 6.09. The van der Waals surface area contributed by atoms with E-state index in [2.05, 4.69) is 32.9 Å². The second-order valence-corrected chi connectivity index (χ2v) is 3.68. The standard InChI is InChI=1S/C11H22O/c1-5-6-7-8-9(2)10(3)11(4)12/h7-12H,5-6H2,1-4H3/b8-7+. The van der Waals surface area contributed by atoms with Gasteiger partial charge in [-0.15, -0.1) is 0 Å². The van der Waals surface area contributed by atoms with Gasteiger partial charge in [0.1, 0.15) is 0 Å². The smallest absolute Gasteiger partial charge is 0.0543 e. The summed E-state index contributed by atoms with van der Waals surface area (Å²) in [6.07, 6.45) is 6.57. The average Bonchev–Trinajstić information content (AvgIpc) is 2.03. The van der Waals surface area contributed by atoms with Crippen LogP contribution in [-0.4, -0.2) is 11.2 Å². The predicted molar refractivity (Wildman–Crippen MR) is 54.1 cm³/mol. The molecule has 0 amide bonds. The number of hydrogen-bond donors (Lipinski definition) is 1. The van der Waals surface area contributed by atoms with Gasteiger partial charge >= 0.3 is 0 Å². The molecule has 72 valence electrons. The molecule has 0 heterocycles. The van der Waals surface area contributed by atoms with Crippen LogP contribution >= 0.6 is 0 Å². The fourth-order valence-electron chi connectivity index (χ4n) is 1.09. The van der Waals surface area contributed by atoms with Gasteiger partial charge in [-0.3, -0.25) is 0 Å². The molecule has 0 rings (SSSR count). The Bertz CT molecular complexity index is 127. The SMILES string of the molecule is CCC/C=C/C(C)C(C)C(C)O. The van der Waals surface area contributed by atoms with E-state index in [0.717, 1.165) is 6.42 Å². The van der Waals surface area contributed by atoms with Crippen molar-refractivity contribution in [3.8, 4) is 0 Å². The van der Waals surface area contributed by atoms with Crippen LogP contribution in [0.25, 0.3) is 0 Å². The lowest BCUT2D eigenvalue weighted by atomic mass is 9.91. The molecule has 0 fully saturated rings. The molecule has 0 bridgehead atoms. The lowest BCUT2D eigenvalue weighted by Gasteiger charge is -2.19. The molecule has 0 aromatic rings. The molecule has 1 heteroatoms.